The van der Waals surface area contributed by atoms with Crippen molar-refractivity contribution in [1.29, 1.82) is 0 Å². The molecule has 40 heavy (non-hydrogen) atoms. The average Bonchev–Trinajstić information content (AvgIpc) is 3.40. The first-order chi connectivity index (χ1) is 19.4. The van der Waals surface area contributed by atoms with Crippen LogP contribution < -0.4 is 5.32 Å². The summed E-state index contributed by atoms with van der Waals surface area (Å²) in [7, 11) is 0. The monoisotopic (exact) mass is 549 g/mol. The van der Waals surface area contributed by atoms with Crippen molar-refractivity contribution in [2.24, 2.45) is 0 Å². The van der Waals surface area contributed by atoms with Gasteiger partial charge in [-0.05, 0) is 54.4 Å². The number of aryl methyl sites for hydroxylation is 1. The van der Waals surface area contributed by atoms with Crippen LogP contribution in [0.3, 0.4) is 0 Å². The number of benzene rings is 2. The minimum absolute atomic E-state index is 0.143. The molecule has 1 atom stereocenters. The van der Waals surface area contributed by atoms with Crippen LogP contribution >= 0.6 is 11.6 Å². The minimum Gasteiger partial charge on any atom is -0.323 e. The number of imidazole rings is 1. The molecule has 0 radical (unpaired) electrons. The van der Waals surface area contributed by atoms with Crippen LogP contribution in [0.25, 0.3) is 5.65 Å². The van der Waals surface area contributed by atoms with Crippen molar-refractivity contribution >= 4 is 40.5 Å². The number of ketones is 1. The van der Waals surface area contributed by atoms with E-state index in [4.69, 9.17) is 11.6 Å². The lowest BCUT2D eigenvalue weighted by molar-refractivity contribution is -0.120. The SMILES string of the molecule is Cc1cc(C(=O)c2ccc(CN3C(=O)c4ccc(Cl)cc4NC(=O)[C@H]3Cc3ccccn3)cc2)c2nccn2c1. The van der Waals surface area contributed by atoms with Crippen LogP contribution in [-0.2, 0) is 17.8 Å². The van der Waals surface area contributed by atoms with Gasteiger partial charge in [-0.25, -0.2) is 4.98 Å². The van der Waals surface area contributed by atoms with Crippen molar-refractivity contribution in [2.45, 2.75) is 25.9 Å². The number of fused-ring (bicyclic) bond motifs is 2. The number of rotatable bonds is 6. The molecular weight excluding hydrogens is 526 g/mol. The Hall–Kier alpha value is -4.82. The van der Waals surface area contributed by atoms with Crippen LogP contribution in [0.5, 0.6) is 0 Å². The molecule has 0 saturated heterocycles. The Morgan fingerprint density at radius 1 is 1.00 bits per heavy atom. The first-order valence-corrected chi connectivity index (χ1v) is 13.1. The van der Waals surface area contributed by atoms with E-state index in [0.717, 1.165) is 11.1 Å². The summed E-state index contributed by atoms with van der Waals surface area (Å²) in [6, 6.07) is 18.4. The number of hydrogen-bond acceptors (Lipinski definition) is 5. The van der Waals surface area contributed by atoms with Gasteiger partial charge in [-0.1, -0.05) is 41.9 Å². The third-order valence-electron chi connectivity index (χ3n) is 6.98. The van der Waals surface area contributed by atoms with Crippen LogP contribution in [0.15, 0.2) is 91.5 Å². The van der Waals surface area contributed by atoms with Gasteiger partial charge in [-0.2, -0.15) is 0 Å². The summed E-state index contributed by atoms with van der Waals surface area (Å²) >= 11 is 6.16. The molecule has 2 aromatic carbocycles. The molecule has 0 saturated carbocycles. The van der Waals surface area contributed by atoms with Crippen molar-refractivity contribution < 1.29 is 14.4 Å². The highest BCUT2D eigenvalue weighted by atomic mass is 35.5. The molecule has 1 aliphatic rings. The first-order valence-electron chi connectivity index (χ1n) is 12.8. The summed E-state index contributed by atoms with van der Waals surface area (Å²) in [6.45, 7) is 2.09. The molecule has 8 nitrogen and oxygen atoms in total. The summed E-state index contributed by atoms with van der Waals surface area (Å²) in [5, 5.41) is 3.29. The third kappa shape index (κ3) is 4.85. The molecule has 0 unspecified atom stereocenters. The lowest BCUT2D eigenvalue weighted by Gasteiger charge is -2.28. The van der Waals surface area contributed by atoms with Crippen LogP contribution in [-0.4, -0.2) is 42.9 Å². The van der Waals surface area contributed by atoms with E-state index >= 15 is 0 Å². The Labute approximate surface area is 235 Å². The maximum absolute atomic E-state index is 13.8. The Morgan fingerprint density at radius 3 is 2.60 bits per heavy atom. The maximum atomic E-state index is 13.8. The summed E-state index contributed by atoms with van der Waals surface area (Å²) in [6.07, 6.45) is 7.29. The average molecular weight is 550 g/mol. The third-order valence-corrected chi connectivity index (χ3v) is 7.21. The molecule has 1 N–H and O–H groups in total. The highest BCUT2D eigenvalue weighted by Gasteiger charge is 2.36. The number of nitrogens with zero attached hydrogens (tertiary/aromatic N) is 4. The minimum atomic E-state index is -0.809. The predicted molar refractivity (Wildman–Crippen MR) is 151 cm³/mol. The molecule has 5 aromatic rings. The number of aromatic nitrogens is 3. The van der Waals surface area contributed by atoms with Crippen molar-refractivity contribution in [3.05, 3.63) is 130 Å². The molecular formula is C31H24ClN5O3. The Kier molecular flexibility index (Phi) is 6.61. The van der Waals surface area contributed by atoms with E-state index < -0.39 is 6.04 Å². The lowest BCUT2D eigenvalue weighted by Crippen LogP contribution is -2.46. The summed E-state index contributed by atoms with van der Waals surface area (Å²) in [5.41, 5.74) is 4.76. The van der Waals surface area contributed by atoms with E-state index in [1.54, 1.807) is 53.7 Å². The number of nitrogens with one attached hydrogen (secondary N) is 1. The molecule has 0 spiro atoms. The second kappa shape index (κ2) is 10.4. The zero-order valence-electron chi connectivity index (χ0n) is 21.5. The normalized spacial score (nSPS) is 15.1. The molecule has 2 amide bonds. The van der Waals surface area contributed by atoms with E-state index in [1.807, 2.05) is 54.0 Å². The molecule has 198 valence electrons. The number of carbonyl (C=O) groups excluding carboxylic acids is 3. The number of anilines is 1. The number of pyridine rings is 2. The van der Waals surface area contributed by atoms with Crippen LogP contribution in [0, 0.1) is 6.92 Å². The van der Waals surface area contributed by atoms with Crippen molar-refractivity contribution in [3.63, 3.8) is 0 Å². The summed E-state index contributed by atoms with van der Waals surface area (Å²) < 4.78 is 1.83. The van der Waals surface area contributed by atoms with E-state index in [1.165, 1.54) is 0 Å². The zero-order chi connectivity index (χ0) is 27.8. The zero-order valence-corrected chi connectivity index (χ0v) is 22.3. The summed E-state index contributed by atoms with van der Waals surface area (Å²) in [5.74, 6) is -0.766. The van der Waals surface area contributed by atoms with Gasteiger partial charge in [0.2, 0.25) is 5.91 Å². The lowest BCUT2D eigenvalue weighted by atomic mass is 10.0. The molecule has 0 aliphatic carbocycles. The smallest absolute Gasteiger partial charge is 0.256 e. The van der Waals surface area contributed by atoms with Crippen LogP contribution in [0.4, 0.5) is 5.69 Å². The van der Waals surface area contributed by atoms with Gasteiger partial charge in [0.1, 0.15) is 11.7 Å². The van der Waals surface area contributed by atoms with Gasteiger partial charge >= 0.3 is 0 Å². The molecule has 1 aliphatic heterocycles. The first kappa shape index (κ1) is 25.5. The standard InChI is InChI=1S/C31H24ClN5O3/c1-19-14-25(29-34-12-13-36(29)17-19)28(38)21-7-5-20(6-8-21)18-37-27(16-23-4-2-3-11-33-23)30(39)35-26-15-22(32)9-10-24(26)31(37)40/h2-15,17,27H,16,18H2,1H3,(H,35,39)/t27-/m1/s1. The topological polar surface area (TPSA) is 96.7 Å². The van der Waals surface area contributed by atoms with Gasteiger partial charge < -0.3 is 14.6 Å². The molecule has 4 heterocycles. The Balaban J connectivity index is 1.32. The molecule has 0 fully saturated rings. The number of hydrogen-bond donors (Lipinski definition) is 1. The molecule has 0 bridgehead atoms. The molecule has 9 heteroatoms. The highest BCUT2D eigenvalue weighted by molar-refractivity contribution is 6.31. The van der Waals surface area contributed by atoms with Crippen LogP contribution in [0.2, 0.25) is 5.02 Å². The Bertz CT molecular complexity index is 1770. The van der Waals surface area contributed by atoms with Gasteiger partial charge in [-0.3, -0.25) is 19.4 Å². The fraction of sp³-hybridized carbons (Fsp3) is 0.129. The van der Waals surface area contributed by atoms with Crippen molar-refractivity contribution in [2.75, 3.05) is 5.32 Å². The molecule has 3 aromatic heterocycles. The van der Waals surface area contributed by atoms with Gasteiger partial charge in [0.25, 0.3) is 5.91 Å². The highest BCUT2D eigenvalue weighted by Crippen LogP contribution is 2.29. The summed E-state index contributed by atoms with van der Waals surface area (Å²) in [4.78, 5) is 50.9. The quantitative estimate of drug-likeness (QED) is 0.296. The Morgan fingerprint density at radius 2 is 1.82 bits per heavy atom. The molecule has 6 rings (SSSR count). The van der Waals surface area contributed by atoms with E-state index in [0.29, 0.717) is 38.7 Å². The van der Waals surface area contributed by atoms with E-state index in [-0.39, 0.29) is 30.6 Å². The second-order valence-corrected chi connectivity index (χ2v) is 10.2. The van der Waals surface area contributed by atoms with Crippen molar-refractivity contribution in [3.8, 4) is 0 Å². The number of amides is 2. The van der Waals surface area contributed by atoms with Gasteiger partial charge in [0.05, 0.1) is 16.8 Å². The predicted octanol–water partition coefficient (Wildman–Crippen LogP) is 5.13. The van der Waals surface area contributed by atoms with Crippen LogP contribution in [0.1, 0.15) is 43.1 Å². The fourth-order valence-electron chi connectivity index (χ4n) is 5.02. The number of halogens is 1. The van der Waals surface area contributed by atoms with Gasteiger partial charge in [0.15, 0.2) is 5.78 Å². The van der Waals surface area contributed by atoms with Gasteiger partial charge in [0, 0.05) is 54.0 Å². The second-order valence-electron chi connectivity index (χ2n) is 9.77. The largest absolute Gasteiger partial charge is 0.323 e. The van der Waals surface area contributed by atoms with Crippen molar-refractivity contribution in [1.82, 2.24) is 19.3 Å². The number of carbonyl (C=O) groups is 3. The maximum Gasteiger partial charge on any atom is 0.256 e. The van der Waals surface area contributed by atoms with E-state index in [9.17, 15) is 14.4 Å². The van der Waals surface area contributed by atoms with E-state index in [2.05, 4.69) is 15.3 Å². The van der Waals surface area contributed by atoms with Gasteiger partial charge in [-0.15, -0.1) is 0 Å². The fourth-order valence-corrected chi connectivity index (χ4v) is 5.19.